The van der Waals surface area contributed by atoms with Crippen molar-refractivity contribution in [3.63, 3.8) is 0 Å². The molecule has 0 saturated heterocycles. The summed E-state index contributed by atoms with van der Waals surface area (Å²) in [4.78, 5) is 6.76. The van der Waals surface area contributed by atoms with Crippen molar-refractivity contribution in [1.82, 2.24) is 4.98 Å². The van der Waals surface area contributed by atoms with E-state index in [0.717, 1.165) is 12.1 Å². The van der Waals surface area contributed by atoms with E-state index in [-0.39, 0.29) is 5.54 Å². The molecule has 16 heavy (non-hydrogen) atoms. The number of pyridine rings is 1. The Balaban J connectivity index is 3.18. The third-order valence-electron chi connectivity index (χ3n) is 3.15. The minimum Gasteiger partial charge on any atom is -0.388 e. The van der Waals surface area contributed by atoms with Crippen LogP contribution in [0.2, 0.25) is 0 Å². The Morgan fingerprint density at radius 3 is 2.69 bits per heavy atom. The van der Waals surface area contributed by atoms with Crippen molar-refractivity contribution < 1.29 is 0 Å². The molecule has 1 rings (SSSR count). The monoisotopic (exact) mass is 237 g/mol. The lowest BCUT2D eigenvalue weighted by Gasteiger charge is -2.37. The summed E-state index contributed by atoms with van der Waals surface area (Å²) in [6, 6.07) is 3.90. The summed E-state index contributed by atoms with van der Waals surface area (Å²) in [6.07, 6.45) is 2.75. The fourth-order valence-electron chi connectivity index (χ4n) is 1.42. The molecule has 0 unspecified atom stereocenters. The first-order valence-corrected chi connectivity index (χ1v) is 5.79. The molecule has 2 N–H and O–H groups in total. The molecule has 0 aliphatic heterocycles. The van der Waals surface area contributed by atoms with Crippen LogP contribution in [0.4, 0.5) is 5.69 Å². The van der Waals surface area contributed by atoms with Gasteiger partial charge in [-0.3, -0.25) is 4.98 Å². The van der Waals surface area contributed by atoms with E-state index in [0.29, 0.717) is 10.7 Å². The Labute approximate surface area is 103 Å². The van der Waals surface area contributed by atoms with E-state index in [9.17, 15) is 0 Å². The van der Waals surface area contributed by atoms with Gasteiger partial charge in [0.15, 0.2) is 0 Å². The van der Waals surface area contributed by atoms with Crippen LogP contribution in [-0.2, 0) is 0 Å². The molecule has 0 fully saturated rings. The minimum atomic E-state index is 0.0581. The summed E-state index contributed by atoms with van der Waals surface area (Å²) in [7, 11) is 2.04. The van der Waals surface area contributed by atoms with Crippen molar-refractivity contribution in [1.29, 1.82) is 0 Å². The molecule has 0 atom stereocenters. The second-order valence-electron chi connectivity index (χ2n) is 4.46. The van der Waals surface area contributed by atoms with Gasteiger partial charge in [-0.05, 0) is 32.4 Å². The van der Waals surface area contributed by atoms with Crippen LogP contribution in [0.3, 0.4) is 0 Å². The SMILES string of the molecule is CCC(C)(C)N(C)c1cccnc1C(N)=S. The average Bonchev–Trinajstić information content (AvgIpc) is 2.28. The van der Waals surface area contributed by atoms with Gasteiger partial charge in [-0.1, -0.05) is 19.1 Å². The maximum Gasteiger partial charge on any atom is 0.124 e. The lowest BCUT2D eigenvalue weighted by atomic mass is 9.99. The molecule has 1 aromatic heterocycles. The van der Waals surface area contributed by atoms with Gasteiger partial charge in [-0.15, -0.1) is 0 Å². The summed E-state index contributed by atoms with van der Waals surface area (Å²) < 4.78 is 0. The number of rotatable bonds is 4. The van der Waals surface area contributed by atoms with Gasteiger partial charge in [0.1, 0.15) is 10.7 Å². The first-order chi connectivity index (χ1) is 7.40. The molecule has 0 aliphatic carbocycles. The predicted molar refractivity (Wildman–Crippen MR) is 72.9 cm³/mol. The molecule has 0 aromatic carbocycles. The van der Waals surface area contributed by atoms with Crippen LogP contribution in [-0.4, -0.2) is 22.6 Å². The fraction of sp³-hybridized carbons (Fsp3) is 0.500. The van der Waals surface area contributed by atoms with Gasteiger partial charge in [0.2, 0.25) is 0 Å². The van der Waals surface area contributed by atoms with Gasteiger partial charge in [0.05, 0.1) is 5.69 Å². The van der Waals surface area contributed by atoms with Crippen LogP contribution in [0.5, 0.6) is 0 Å². The van der Waals surface area contributed by atoms with Gasteiger partial charge < -0.3 is 10.6 Å². The molecule has 1 aromatic rings. The number of hydrogen-bond donors (Lipinski definition) is 1. The third kappa shape index (κ3) is 2.50. The molecule has 0 spiro atoms. The van der Waals surface area contributed by atoms with Crippen molar-refractivity contribution >= 4 is 22.9 Å². The lowest BCUT2D eigenvalue weighted by Crippen LogP contribution is -2.41. The van der Waals surface area contributed by atoms with Crippen molar-refractivity contribution in [2.75, 3.05) is 11.9 Å². The Morgan fingerprint density at radius 1 is 1.56 bits per heavy atom. The molecule has 0 amide bonds. The van der Waals surface area contributed by atoms with Crippen LogP contribution in [0.25, 0.3) is 0 Å². The van der Waals surface area contributed by atoms with Gasteiger partial charge in [-0.2, -0.15) is 0 Å². The fourth-order valence-corrected chi connectivity index (χ4v) is 1.58. The Morgan fingerprint density at radius 2 is 2.19 bits per heavy atom. The molecule has 0 aliphatic rings. The second-order valence-corrected chi connectivity index (χ2v) is 4.90. The number of nitrogens with two attached hydrogens (primary N) is 1. The molecular formula is C12H19N3S. The third-order valence-corrected chi connectivity index (χ3v) is 3.35. The van der Waals surface area contributed by atoms with E-state index in [4.69, 9.17) is 18.0 Å². The normalized spacial score (nSPS) is 11.2. The molecule has 4 heteroatoms. The maximum atomic E-state index is 5.68. The zero-order valence-corrected chi connectivity index (χ0v) is 11.1. The zero-order valence-electron chi connectivity index (χ0n) is 10.3. The van der Waals surface area contributed by atoms with Crippen LogP contribution in [0.15, 0.2) is 18.3 Å². The van der Waals surface area contributed by atoms with Crippen molar-refractivity contribution in [2.45, 2.75) is 32.7 Å². The molecule has 3 nitrogen and oxygen atoms in total. The molecule has 0 bridgehead atoms. The highest BCUT2D eigenvalue weighted by molar-refractivity contribution is 7.80. The van der Waals surface area contributed by atoms with E-state index in [1.807, 2.05) is 19.2 Å². The molecule has 0 saturated carbocycles. The molecule has 88 valence electrons. The van der Waals surface area contributed by atoms with Gasteiger partial charge in [-0.25, -0.2) is 0 Å². The summed E-state index contributed by atoms with van der Waals surface area (Å²) in [6.45, 7) is 6.53. The highest BCUT2D eigenvalue weighted by atomic mass is 32.1. The van der Waals surface area contributed by atoms with Crippen molar-refractivity contribution in [2.24, 2.45) is 5.73 Å². The lowest BCUT2D eigenvalue weighted by molar-refractivity contribution is 0.470. The number of anilines is 1. The highest BCUT2D eigenvalue weighted by Gasteiger charge is 2.24. The topological polar surface area (TPSA) is 42.2 Å². The van der Waals surface area contributed by atoms with Gasteiger partial charge in [0, 0.05) is 18.8 Å². The zero-order chi connectivity index (χ0) is 12.3. The number of nitrogens with zero attached hydrogens (tertiary/aromatic N) is 2. The molecule has 0 radical (unpaired) electrons. The van der Waals surface area contributed by atoms with Crippen LogP contribution in [0, 0.1) is 0 Å². The van der Waals surface area contributed by atoms with Crippen LogP contribution >= 0.6 is 12.2 Å². The number of aromatic nitrogens is 1. The van der Waals surface area contributed by atoms with Crippen LogP contribution < -0.4 is 10.6 Å². The Hall–Kier alpha value is -1.16. The maximum absolute atomic E-state index is 5.68. The minimum absolute atomic E-state index is 0.0581. The Kier molecular flexibility index (Phi) is 3.86. The smallest absolute Gasteiger partial charge is 0.124 e. The van der Waals surface area contributed by atoms with E-state index >= 15 is 0 Å². The summed E-state index contributed by atoms with van der Waals surface area (Å²) in [5.41, 5.74) is 7.42. The molecule has 1 heterocycles. The standard InChI is InChI=1S/C12H19N3S/c1-5-12(2,3)15(4)9-7-6-8-14-10(9)11(13)16/h6-8H,5H2,1-4H3,(H2,13,16). The Bertz CT molecular complexity index is 388. The second kappa shape index (κ2) is 4.78. The summed E-state index contributed by atoms with van der Waals surface area (Å²) in [5, 5.41) is 0. The van der Waals surface area contributed by atoms with E-state index in [1.165, 1.54) is 0 Å². The summed E-state index contributed by atoms with van der Waals surface area (Å²) >= 11 is 5.02. The highest BCUT2D eigenvalue weighted by Crippen LogP contribution is 2.26. The largest absolute Gasteiger partial charge is 0.388 e. The van der Waals surface area contributed by atoms with E-state index < -0.39 is 0 Å². The number of hydrogen-bond acceptors (Lipinski definition) is 3. The predicted octanol–water partition coefficient (Wildman–Crippen LogP) is 2.34. The van der Waals surface area contributed by atoms with Crippen molar-refractivity contribution in [3.8, 4) is 0 Å². The summed E-state index contributed by atoms with van der Waals surface area (Å²) in [5.74, 6) is 0. The quantitative estimate of drug-likeness (QED) is 0.816. The van der Waals surface area contributed by atoms with Gasteiger partial charge in [0.25, 0.3) is 0 Å². The van der Waals surface area contributed by atoms with E-state index in [2.05, 4.69) is 30.7 Å². The number of thiocarbonyl (C=S) groups is 1. The first kappa shape index (κ1) is 12.9. The van der Waals surface area contributed by atoms with Crippen molar-refractivity contribution in [3.05, 3.63) is 24.0 Å². The van der Waals surface area contributed by atoms with Gasteiger partial charge >= 0.3 is 0 Å². The average molecular weight is 237 g/mol. The molecular weight excluding hydrogens is 218 g/mol. The van der Waals surface area contributed by atoms with Crippen LogP contribution in [0.1, 0.15) is 32.9 Å². The van der Waals surface area contributed by atoms with E-state index in [1.54, 1.807) is 6.20 Å². The first-order valence-electron chi connectivity index (χ1n) is 5.39.